The molecular formula is C25H27NO4. The second-order valence-electron chi connectivity index (χ2n) is 6.82. The molecule has 0 unspecified atom stereocenters. The van der Waals surface area contributed by atoms with E-state index in [1.54, 1.807) is 26.2 Å². The second kappa shape index (κ2) is 10.3. The zero-order valence-corrected chi connectivity index (χ0v) is 17.6. The number of aryl methyl sites for hydroxylation is 1. The lowest BCUT2D eigenvalue weighted by Gasteiger charge is -2.24. The van der Waals surface area contributed by atoms with E-state index in [0.29, 0.717) is 30.9 Å². The molecule has 0 bridgehead atoms. The normalized spacial score (nSPS) is 10.4. The van der Waals surface area contributed by atoms with E-state index in [1.807, 2.05) is 72.8 Å². The van der Waals surface area contributed by atoms with Gasteiger partial charge in [0.15, 0.2) is 11.5 Å². The van der Waals surface area contributed by atoms with Crippen LogP contribution in [0.25, 0.3) is 0 Å². The fourth-order valence-corrected chi connectivity index (χ4v) is 3.38. The summed E-state index contributed by atoms with van der Waals surface area (Å²) in [5.74, 6) is 2.13. The summed E-state index contributed by atoms with van der Waals surface area (Å²) in [5.41, 5.74) is 2.85. The molecule has 0 saturated heterocycles. The number of anilines is 1. The van der Waals surface area contributed by atoms with E-state index in [4.69, 9.17) is 14.2 Å². The third kappa shape index (κ3) is 5.11. The summed E-state index contributed by atoms with van der Waals surface area (Å²) in [7, 11) is 4.85. The van der Waals surface area contributed by atoms with Crippen molar-refractivity contribution in [2.24, 2.45) is 0 Å². The van der Waals surface area contributed by atoms with Gasteiger partial charge in [0.1, 0.15) is 5.75 Å². The van der Waals surface area contributed by atoms with E-state index < -0.39 is 0 Å². The van der Waals surface area contributed by atoms with Crippen molar-refractivity contribution in [3.63, 3.8) is 0 Å². The van der Waals surface area contributed by atoms with Crippen LogP contribution in [-0.4, -0.2) is 27.2 Å². The van der Waals surface area contributed by atoms with Crippen LogP contribution in [0.5, 0.6) is 17.2 Å². The molecule has 30 heavy (non-hydrogen) atoms. The Balaban J connectivity index is 1.81. The van der Waals surface area contributed by atoms with Crippen molar-refractivity contribution in [2.75, 3.05) is 26.2 Å². The van der Waals surface area contributed by atoms with Crippen LogP contribution in [0.1, 0.15) is 17.5 Å². The number of hydrogen-bond donors (Lipinski definition) is 0. The highest BCUT2D eigenvalue weighted by atomic mass is 16.5. The molecule has 3 rings (SSSR count). The van der Waals surface area contributed by atoms with E-state index in [2.05, 4.69) is 0 Å². The Hall–Kier alpha value is -3.47. The maximum atomic E-state index is 13.3. The molecule has 1 amide bonds. The first-order chi connectivity index (χ1) is 14.7. The maximum absolute atomic E-state index is 13.3. The van der Waals surface area contributed by atoms with E-state index in [-0.39, 0.29) is 5.91 Å². The van der Waals surface area contributed by atoms with Gasteiger partial charge in [-0.1, -0.05) is 42.5 Å². The summed E-state index contributed by atoms with van der Waals surface area (Å²) in [6.07, 6.45) is 0.906. The molecule has 0 heterocycles. The third-order valence-corrected chi connectivity index (χ3v) is 4.96. The highest BCUT2D eigenvalue weighted by Crippen LogP contribution is 2.32. The van der Waals surface area contributed by atoms with Crippen molar-refractivity contribution >= 4 is 11.6 Å². The summed E-state index contributed by atoms with van der Waals surface area (Å²) in [5, 5.41) is 0. The van der Waals surface area contributed by atoms with Crippen molar-refractivity contribution in [1.29, 1.82) is 0 Å². The van der Waals surface area contributed by atoms with Gasteiger partial charge in [0, 0.05) is 12.1 Å². The molecule has 3 aromatic carbocycles. The van der Waals surface area contributed by atoms with Crippen molar-refractivity contribution in [2.45, 2.75) is 19.4 Å². The maximum Gasteiger partial charge on any atom is 0.227 e. The van der Waals surface area contributed by atoms with Gasteiger partial charge in [0.2, 0.25) is 5.91 Å². The van der Waals surface area contributed by atoms with Gasteiger partial charge in [-0.25, -0.2) is 0 Å². The number of rotatable bonds is 9. The van der Waals surface area contributed by atoms with Gasteiger partial charge in [-0.3, -0.25) is 4.79 Å². The Labute approximate surface area is 177 Å². The Morgan fingerprint density at radius 3 is 2.17 bits per heavy atom. The zero-order chi connectivity index (χ0) is 21.3. The van der Waals surface area contributed by atoms with Gasteiger partial charge in [-0.2, -0.15) is 0 Å². The number of para-hydroxylation sites is 1. The molecule has 0 atom stereocenters. The largest absolute Gasteiger partial charge is 0.497 e. The van der Waals surface area contributed by atoms with Crippen molar-refractivity contribution in [1.82, 2.24) is 0 Å². The minimum absolute atomic E-state index is 0.0360. The van der Waals surface area contributed by atoms with Gasteiger partial charge in [0.05, 0.1) is 27.9 Å². The number of ether oxygens (including phenoxy) is 3. The fraction of sp³-hybridized carbons (Fsp3) is 0.240. The molecule has 0 aliphatic heterocycles. The smallest absolute Gasteiger partial charge is 0.227 e. The Bertz CT molecular complexity index is 955. The molecule has 5 heteroatoms. The highest BCUT2D eigenvalue weighted by molar-refractivity contribution is 5.93. The minimum atomic E-state index is 0.0360. The van der Waals surface area contributed by atoms with Crippen molar-refractivity contribution in [3.05, 3.63) is 83.9 Å². The molecular weight excluding hydrogens is 378 g/mol. The molecule has 0 aliphatic rings. The van der Waals surface area contributed by atoms with Gasteiger partial charge in [0.25, 0.3) is 0 Å². The Morgan fingerprint density at radius 2 is 1.53 bits per heavy atom. The monoisotopic (exact) mass is 405 g/mol. The quantitative estimate of drug-likeness (QED) is 0.509. The number of hydrogen-bond acceptors (Lipinski definition) is 4. The molecule has 0 aromatic heterocycles. The highest BCUT2D eigenvalue weighted by Gasteiger charge is 2.18. The standard InChI is InChI=1S/C25H27NO4/c1-28-22-15-13-21(14-16-22)26(18-19-8-5-4-6-9-19)24(27)17-12-20-10-7-11-23(29-2)25(20)30-3/h4-11,13-16H,12,17-18H2,1-3H3. The molecule has 0 aliphatic carbocycles. The molecule has 156 valence electrons. The average Bonchev–Trinajstić information content (AvgIpc) is 2.81. The first kappa shape index (κ1) is 21.2. The fourth-order valence-electron chi connectivity index (χ4n) is 3.38. The third-order valence-electron chi connectivity index (χ3n) is 4.96. The number of amides is 1. The summed E-state index contributed by atoms with van der Waals surface area (Å²) in [6.45, 7) is 0.501. The minimum Gasteiger partial charge on any atom is -0.497 e. The van der Waals surface area contributed by atoms with Crippen LogP contribution in [0.3, 0.4) is 0 Å². The van der Waals surface area contributed by atoms with Crippen LogP contribution in [0.4, 0.5) is 5.69 Å². The van der Waals surface area contributed by atoms with Gasteiger partial charge >= 0.3 is 0 Å². The van der Waals surface area contributed by atoms with Crippen LogP contribution >= 0.6 is 0 Å². The lowest BCUT2D eigenvalue weighted by Crippen LogP contribution is -2.30. The van der Waals surface area contributed by atoms with Crippen molar-refractivity contribution < 1.29 is 19.0 Å². The van der Waals surface area contributed by atoms with Crippen LogP contribution in [0.15, 0.2) is 72.8 Å². The summed E-state index contributed by atoms with van der Waals surface area (Å²) in [6, 6.07) is 23.2. The van der Waals surface area contributed by atoms with E-state index in [1.165, 1.54) is 0 Å². The molecule has 0 radical (unpaired) electrons. The number of benzene rings is 3. The first-order valence-corrected chi connectivity index (χ1v) is 9.84. The molecule has 0 saturated carbocycles. The van der Waals surface area contributed by atoms with Gasteiger partial charge in [-0.05, 0) is 47.9 Å². The molecule has 0 spiro atoms. The van der Waals surface area contributed by atoms with Gasteiger partial charge in [-0.15, -0.1) is 0 Å². The zero-order valence-electron chi connectivity index (χ0n) is 17.6. The number of nitrogens with zero attached hydrogens (tertiary/aromatic N) is 1. The predicted molar refractivity (Wildman–Crippen MR) is 118 cm³/mol. The number of methoxy groups -OCH3 is 3. The summed E-state index contributed by atoms with van der Waals surface area (Å²) < 4.78 is 16.1. The molecule has 0 N–H and O–H groups in total. The number of carbonyl (C=O) groups is 1. The molecule has 3 aromatic rings. The van der Waals surface area contributed by atoms with E-state index in [0.717, 1.165) is 22.6 Å². The summed E-state index contributed by atoms with van der Waals surface area (Å²) in [4.78, 5) is 15.1. The first-order valence-electron chi connectivity index (χ1n) is 9.84. The topological polar surface area (TPSA) is 48.0 Å². The SMILES string of the molecule is COc1ccc(N(Cc2ccccc2)C(=O)CCc2cccc(OC)c2OC)cc1. The number of carbonyl (C=O) groups excluding carboxylic acids is 1. The van der Waals surface area contributed by atoms with E-state index in [9.17, 15) is 4.79 Å². The predicted octanol–water partition coefficient (Wildman–Crippen LogP) is 4.88. The second-order valence-corrected chi connectivity index (χ2v) is 6.82. The lowest BCUT2D eigenvalue weighted by molar-refractivity contribution is -0.118. The average molecular weight is 405 g/mol. The van der Waals surface area contributed by atoms with Crippen LogP contribution in [-0.2, 0) is 17.8 Å². The molecule has 0 fully saturated rings. The Kier molecular flexibility index (Phi) is 7.33. The Morgan fingerprint density at radius 1 is 0.800 bits per heavy atom. The van der Waals surface area contributed by atoms with Crippen LogP contribution in [0, 0.1) is 0 Å². The van der Waals surface area contributed by atoms with E-state index >= 15 is 0 Å². The van der Waals surface area contributed by atoms with Crippen molar-refractivity contribution in [3.8, 4) is 17.2 Å². The summed E-state index contributed by atoms with van der Waals surface area (Å²) >= 11 is 0. The molecule has 5 nitrogen and oxygen atoms in total. The van der Waals surface area contributed by atoms with Crippen LogP contribution in [0.2, 0.25) is 0 Å². The van der Waals surface area contributed by atoms with Crippen LogP contribution < -0.4 is 19.1 Å². The van der Waals surface area contributed by atoms with Gasteiger partial charge < -0.3 is 19.1 Å². The lowest BCUT2D eigenvalue weighted by atomic mass is 10.1.